The van der Waals surface area contributed by atoms with Crippen molar-refractivity contribution in [3.8, 4) is 16.9 Å². The summed E-state index contributed by atoms with van der Waals surface area (Å²) < 4.78 is 5.17. The molecule has 1 aromatic heterocycles. The van der Waals surface area contributed by atoms with Crippen LogP contribution in [0.1, 0.15) is 30.1 Å². The van der Waals surface area contributed by atoms with Crippen molar-refractivity contribution in [2.75, 3.05) is 13.7 Å². The Bertz CT molecular complexity index is 804. The molecule has 26 heavy (non-hydrogen) atoms. The lowest BCUT2D eigenvalue weighted by atomic mass is 9.91. The molecule has 0 spiro atoms. The Balaban J connectivity index is 1.79. The number of benzene rings is 1. The number of methoxy groups -OCH3 is 1. The highest BCUT2D eigenvalue weighted by Gasteiger charge is 2.32. The van der Waals surface area contributed by atoms with Crippen LogP contribution in [0.15, 0.2) is 42.7 Å². The topological polar surface area (TPSA) is 79.7 Å². The third-order valence-electron chi connectivity index (χ3n) is 4.89. The second-order valence-corrected chi connectivity index (χ2v) is 6.60. The number of amides is 1. The maximum atomic E-state index is 12.9. The van der Waals surface area contributed by atoms with Gasteiger partial charge < -0.3 is 14.7 Å². The number of ether oxygens (including phenoxy) is 1. The molecule has 1 N–H and O–H groups in total. The Morgan fingerprint density at radius 2 is 1.92 bits per heavy atom. The number of aromatic nitrogens is 1. The molecule has 0 bridgehead atoms. The van der Waals surface area contributed by atoms with E-state index in [1.54, 1.807) is 24.4 Å². The van der Waals surface area contributed by atoms with Gasteiger partial charge in [-0.3, -0.25) is 14.6 Å². The first-order valence-electron chi connectivity index (χ1n) is 8.63. The number of carboxylic acids is 1. The summed E-state index contributed by atoms with van der Waals surface area (Å²) in [7, 11) is 1.62. The number of rotatable bonds is 4. The quantitative estimate of drug-likeness (QED) is 0.913. The second-order valence-electron chi connectivity index (χ2n) is 6.60. The third-order valence-corrected chi connectivity index (χ3v) is 4.89. The van der Waals surface area contributed by atoms with Gasteiger partial charge in [-0.15, -0.1) is 0 Å². The molecular formula is C20H22N2O4. The molecule has 1 saturated heterocycles. The molecule has 1 fully saturated rings. The maximum Gasteiger partial charge on any atom is 0.306 e. The maximum absolute atomic E-state index is 12.9. The van der Waals surface area contributed by atoms with Crippen molar-refractivity contribution < 1.29 is 19.4 Å². The lowest BCUT2D eigenvalue weighted by molar-refractivity contribution is -0.143. The van der Waals surface area contributed by atoms with Gasteiger partial charge in [0.25, 0.3) is 5.91 Å². The second kappa shape index (κ2) is 7.56. The molecule has 0 saturated carbocycles. The number of piperidine rings is 1. The Kier molecular flexibility index (Phi) is 5.21. The number of likely N-dealkylation sites (tertiary alicyclic amines) is 1. The van der Waals surface area contributed by atoms with Gasteiger partial charge in [0, 0.05) is 30.5 Å². The van der Waals surface area contributed by atoms with E-state index in [-0.39, 0.29) is 17.9 Å². The van der Waals surface area contributed by atoms with Crippen molar-refractivity contribution >= 4 is 11.9 Å². The Hall–Kier alpha value is -2.89. The van der Waals surface area contributed by atoms with Gasteiger partial charge in [-0.2, -0.15) is 0 Å². The lowest BCUT2D eigenvalue weighted by Crippen LogP contribution is -2.46. The van der Waals surface area contributed by atoms with Crippen molar-refractivity contribution in [1.82, 2.24) is 9.88 Å². The van der Waals surface area contributed by atoms with Gasteiger partial charge in [0.1, 0.15) is 5.75 Å². The van der Waals surface area contributed by atoms with Crippen LogP contribution in [0.2, 0.25) is 0 Å². The number of hydrogen-bond acceptors (Lipinski definition) is 4. The van der Waals surface area contributed by atoms with Crippen molar-refractivity contribution in [3.05, 3.63) is 48.3 Å². The van der Waals surface area contributed by atoms with E-state index in [1.807, 2.05) is 37.3 Å². The van der Waals surface area contributed by atoms with Crippen LogP contribution in [-0.4, -0.2) is 46.6 Å². The van der Waals surface area contributed by atoms with Crippen molar-refractivity contribution in [1.29, 1.82) is 0 Å². The highest BCUT2D eigenvalue weighted by molar-refractivity contribution is 5.95. The van der Waals surface area contributed by atoms with Crippen molar-refractivity contribution in [2.45, 2.75) is 25.8 Å². The summed E-state index contributed by atoms with van der Waals surface area (Å²) in [6.45, 7) is 2.34. The van der Waals surface area contributed by atoms with Crippen LogP contribution < -0.4 is 4.74 Å². The first-order valence-corrected chi connectivity index (χ1v) is 8.63. The van der Waals surface area contributed by atoms with Gasteiger partial charge >= 0.3 is 5.97 Å². The molecule has 3 rings (SSSR count). The van der Waals surface area contributed by atoms with Crippen LogP contribution in [0, 0.1) is 5.92 Å². The Morgan fingerprint density at radius 1 is 1.19 bits per heavy atom. The number of carbonyl (C=O) groups is 2. The van der Waals surface area contributed by atoms with E-state index in [2.05, 4.69) is 4.98 Å². The predicted molar refractivity (Wildman–Crippen MR) is 97.1 cm³/mol. The number of nitrogens with zero attached hydrogens (tertiary/aromatic N) is 2. The summed E-state index contributed by atoms with van der Waals surface area (Å²) in [5.41, 5.74) is 2.32. The highest BCUT2D eigenvalue weighted by Crippen LogP contribution is 2.26. The Morgan fingerprint density at radius 3 is 2.54 bits per heavy atom. The summed E-state index contributed by atoms with van der Waals surface area (Å²) in [5, 5.41) is 9.18. The molecule has 0 unspecified atom stereocenters. The van der Waals surface area contributed by atoms with E-state index < -0.39 is 5.97 Å². The third kappa shape index (κ3) is 3.69. The normalized spacial score (nSPS) is 19.8. The fraction of sp³-hybridized carbons (Fsp3) is 0.350. The predicted octanol–water partition coefficient (Wildman–Crippen LogP) is 3.08. The molecule has 1 aromatic carbocycles. The summed E-state index contributed by atoms with van der Waals surface area (Å²) in [6, 6.07) is 9.29. The van der Waals surface area contributed by atoms with Gasteiger partial charge in [0.15, 0.2) is 0 Å². The van der Waals surface area contributed by atoms with Crippen molar-refractivity contribution in [3.63, 3.8) is 0 Å². The van der Waals surface area contributed by atoms with Gasteiger partial charge in [-0.05, 0) is 43.5 Å². The SMILES string of the molecule is COc1ccc(-c2cncc(C(=O)N3CC[C@H](C(=O)O)C[C@@H]3C)c2)cc1. The van der Waals surface area contributed by atoms with Gasteiger partial charge in [-0.1, -0.05) is 12.1 Å². The molecule has 0 radical (unpaired) electrons. The molecule has 1 aliphatic rings. The summed E-state index contributed by atoms with van der Waals surface area (Å²) in [5.74, 6) is -0.502. The molecule has 1 aliphatic heterocycles. The average Bonchev–Trinajstić information content (AvgIpc) is 2.67. The van der Waals surface area contributed by atoms with E-state index in [1.165, 1.54) is 0 Å². The van der Waals surface area contributed by atoms with E-state index in [0.29, 0.717) is 24.9 Å². The minimum absolute atomic E-state index is 0.107. The molecule has 6 heteroatoms. The fourth-order valence-corrected chi connectivity index (χ4v) is 3.36. The summed E-state index contributed by atoms with van der Waals surface area (Å²) in [6.07, 6.45) is 4.24. The zero-order chi connectivity index (χ0) is 18.7. The van der Waals surface area contributed by atoms with E-state index in [0.717, 1.165) is 16.9 Å². The molecule has 2 heterocycles. The van der Waals surface area contributed by atoms with Crippen LogP contribution in [0.5, 0.6) is 5.75 Å². The number of hydrogen-bond donors (Lipinski definition) is 1. The van der Waals surface area contributed by atoms with Gasteiger partial charge in [0.2, 0.25) is 0 Å². The zero-order valence-corrected chi connectivity index (χ0v) is 14.9. The Labute approximate surface area is 152 Å². The number of pyridine rings is 1. The van der Waals surface area contributed by atoms with Crippen LogP contribution >= 0.6 is 0 Å². The summed E-state index contributed by atoms with van der Waals surface area (Å²) >= 11 is 0. The van der Waals surface area contributed by atoms with Crippen LogP contribution in [-0.2, 0) is 4.79 Å². The van der Waals surface area contributed by atoms with Crippen molar-refractivity contribution in [2.24, 2.45) is 5.92 Å². The number of carboxylic acid groups (broad SMARTS) is 1. The van der Waals surface area contributed by atoms with Crippen LogP contribution in [0.3, 0.4) is 0 Å². The number of carbonyl (C=O) groups excluding carboxylic acids is 1. The molecule has 2 aromatic rings. The lowest BCUT2D eigenvalue weighted by Gasteiger charge is -2.36. The first kappa shape index (κ1) is 17.9. The molecule has 0 aliphatic carbocycles. The minimum atomic E-state index is -0.785. The van der Waals surface area contributed by atoms with Gasteiger partial charge in [0.05, 0.1) is 18.6 Å². The fourth-order valence-electron chi connectivity index (χ4n) is 3.36. The number of aliphatic carboxylic acids is 1. The first-order chi connectivity index (χ1) is 12.5. The van der Waals surface area contributed by atoms with Crippen LogP contribution in [0.25, 0.3) is 11.1 Å². The molecule has 6 nitrogen and oxygen atoms in total. The summed E-state index contributed by atoms with van der Waals surface area (Å²) in [4.78, 5) is 30.0. The average molecular weight is 354 g/mol. The van der Waals surface area contributed by atoms with Gasteiger partial charge in [-0.25, -0.2) is 0 Å². The molecular weight excluding hydrogens is 332 g/mol. The zero-order valence-electron chi connectivity index (χ0n) is 14.9. The largest absolute Gasteiger partial charge is 0.497 e. The molecule has 136 valence electrons. The van der Waals surface area contributed by atoms with E-state index >= 15 is 0 Å². The van der Waals surface area contributed by atoms with E-state index in [9.17, 15) is 14.7 Å². The highest BCUT2D eigenvalue weighted by atomic mass is 16.5. The molecule has 1 amide bonds. The minimum Gasteiger partial charge on any atom is -0.497 e. The van der Waals surface area contributed by atoms with Crippen LogP contribution in [0.4, 0.5) is 0 Å². The van der Waals surface area contributed by atoms with E-state index in [4.69, 9.17) is 4.74 Å². The smallest absolute Gasteiger partial charge is 0.306 e. The molecule has 2 atom stereocenters. The standard InChI is InChI=1S/C20H22N2O4/c1-13-9-15(20(24)25)7-8-22(13)19(23)17-10-16(11-21-12-17)14-3-5-18(26-2)6-4-14/h3-6,10-13,15H,7-9H2,1-2H3,(H,24,25)/t13-,15-/m0/s1. The monoisotopic (exact) mass is 354 g/mol.